The van der Waals surface area contributed by atoms with E-state index < -0.39 is 69.4 Å². The number of carboxylic acid groups (broad SMARTS) is 1. The summed E-state index contributed by atoms with van der Waals surface area (Å²) in [6, 6.07) is 3.07. The number of halogens is 3. The highest BCUT2D eigenvalue weighted by Crippen LogP contribution is 2.66. The highest BCUT2D eigenvalue weighted by molar-refractivity contribution is 9.10. The van der Waals surface area contributed by atoms with Gasteiger partial charge in [-0.3, -0.25) is 33.8 Å². The van der Waals surface area contributed by atoms with Crippen molar-refractivity contribution in [2.45, 2.75) is 34.9 Å². The number of allylic oxidation sites excluding steroid dienone is 2. The number of hydrogen-bond donors (Lipinski definition) is 2. The van der Waals surface area contributed by atoms with E-state index in [2.05, 4.69) is 15.9 Å². The molecule has 4 amide bonds. The first-order valence-corrected chi connectivity index (χ1v) is 13.4. The van der Waals surface area contributed by atoms with E-state index in [-0.39, 0.29) is 36.4 Å². The lowest BCUT2D eigenvalue weighted by molar-refractivity contribution is -0.143. The van der Waals surface area contributed by atoms with Crippen LogP contribution in [0.2, 0.25) is 0 Å². The van der Waals surface area contributed by atoms with Crippen LogP contribution in [0.25, 0.3) is 0 Å². The Bertz CT molecular complexity index is 1350. The van der Waals surface area contributed by atoms with Crippen LogP contribution < -0.4 is 4.74 Å². The summed E-state index contributed by atoms with van der Waals surface area (Å²) in [5.41, 5.74) is 0.673. The van der Waals surface area contributed by atoms with Crippen LogP contribution >= 0.6 is 39.1 Å². The zero-order valence-electron chi connectivity index (χ0n) is 20.2. The number of likely N-dealkylation sites (tertiary alicyclic amines) is 2. The number of fused-ring (bicyclic) bond motifs is 4. The second-order valence-corrected chi connectivity index (χ2v) is 12.2. The number of aromatic hydroxyl groups is 1. The summed E-state index contributed by atoms with van der Waals surface area (Å²) < 4.78 is 5.80. The third-order valence-electron chi connectivity index (χ3n) is 8.25. The molecule has 2 N–H and O–H groups in total. The Hall–Kier alpha value is -2.63. The number of rotatable bonds is 5. The van der Waals surface area contributed by atoms with Crippen LogP contribution in [0.1, 0.15) is 30.7 Å². The fourth-order valence-electron chi connectivity index (χ4n) is 6.55. The number of amides is 4. The number of methoxy groups -OCH3 is 1. The molecule has 1 aromatic carbocycles. The van der Waals surface area contributed by atoms with Gasteiger partial charge < -0.3 is 14.9 Å². The largest absolute Gasteiger partial charge is 0.504 e. The average Bonchev–Trinajstić information content (AvgIpc) is 3.18. The summed E-state index contributed by atoms with van der Waals surface area (Å²) in [4.78, 5) is 62.6. The van der Waals surface area contributed by atoms with Crippen LogP contribution in [0.15, 0.2) is 28.3 Å². The van der Waals surface area contributed by atoms with Crippen LogP contribution in [0, 0.1) is 17.8 Å². The zero-order valence-corrected chi connectivity index (χ0v) is 23.3. The van der Waals surface area contributed by atoms with E-state index >= 15 is 0 Å². The lowest BCUT2D eigenvalue weighted by atomic mass is 9.56. The van der Waals surface area contributed by atoms with Gasteiger partial charge in [-0.1, -0.05) is 27.6 Å². The van der Waals surface area contributed by atoms with Crippen LogP contribution in [-0.4, -0.2) is 80.1 Å². The number of benzene rings is 1. The number of carbonyl (C=O) groups excluding carboxylic acids is 4. The molecule has 4 aliphatic rings. The SMILES string of the molecule is COc1cc(Br)cc(C2C3=CCC4C(=O)N(CCC(=O)O)C(=O)C4C3CC3(Cl)C(=O)N(C)C(=O)C23Cl)c1O. The molecule has 2 saturated heterocycles. The van der Waals surface area contributed by atoms with Crippen molar-refractivity contribution < 1.29 is 38.9 Å². The van der Waals surface area contributed by atoms with Gasteiger partial charge >= 0.3 is 5.97 Å². The third kappa shape index (κ3) is 3.40. The molecule has 0 radical (unpaired) electrons. The summed E-state index contributed by atoms with van der Waals surface area (Å²) in [6.07, 6.45) is 1.26. The van der Waals surface area contributed by atoms with Gasteiger partial charge in [-0.15, -0.1) is 23.2 Å². The number of phenolic OH excluding ortho intramolecular Hbond substituents is 1. The van der Waals surface area contributed by atoms with Gasteiger partial charge in [0.1, 0.15) is 0 Å². The number of ether oxygens (including phenoxy) is 1. The first kappa shape index (κ1) is 27.0. The fraction of sp³-hybridized carbons (Fsp3) is 0.480. The van der Waals surface area contributed by atoms with Gasteiger partial charge in [-0.25, -0.2) is 0 Å². The van der Waals surface area contributed by atoms with E-state index in [1.54, 1.807) is 12.1 Å². The molecule has 2 heterocycles. The van der Waals surface area contributed by atoms with Crippen molar-refractivity contribution in [2.24, 2.45) is 17.8 Å². The van der Waals surface area contributed by atoms with E-state index in [4.69, 9.17) is 33.0 Å². The monoisotopic (exact) mass is 628 g/mol. The lowest BCUT2D eigenvalue weighted by Crippen LogP contribution is -2.60. The van der Waals surface area contributed by atoms with Gasteiger partial charge in [-0.2, -0.15) is 0 Å². The molecule has 1 aromatic rings. The standard InChI is InChI=1S/C25H23BrCl2N2O8/c1-29-22(36)24(27)9-14-11(3-4-12-17(14)21(35)30(20(12)34)6-5-16(31)32)18(25(24,28)23(29)37)13-7-10(26)8-15(38-2)19(13)33/h3,7-8,12,14,17-18,33H,4-6,9H2,1-2H3,(H,31,32). The molecule has 0 bridgehead atoms. The van der Waals surface area contributed by atoms with Gasteiger partial charge in [0.15, 0.2) is 21.2 Å². The van der Waals surface area contributed by atoms with Crippen molar-refractivity contribution in [3.05, 3.63) is 33.8 Å². The Kier molecular flexibility index (Phi) is 6.35. The van der Waals surface area contributed by atoms with Crippen LogP contribution in [-0.2, 0) is 24.0 Å². The molecular formula is C25H23BrCl2N2O8. The highest BCUT2D eigenvalue weighted by Gasteiger charge is 2.76. The number of imide groups is 2. The number of carbonyl (C=O) groups is 5. The Labute approximate surface area is 235 Å². The van der Waals surface area contributed by atoms with E-state index in [0.717, 1.165) is 9.80 Å². The molecule has 1 saturated carbocycles. The minimum absolute atomic E-state index is 0.0864. The second kappa shape index (κ2) is 8.96. The number of nitrogens with zero attached hydrogens (tertiary/aromatic N) is 2. The number of carboxylic acids is 1. The molecule has 0 aromatic heterocycles. The topological polar surface area (TPSA) is 142 Å². The molecule has 6 atom stereocenters. The Balaban J connectivity index is 1.71. The van der Waals surface area contributed by atoms with Crippen molar-refractivity contribution >= 4 is 68.7 Å². The lowest BCUT2D eigenvalue weighted by Gasteiger charge is -2.50. The molecule has 2 aliphatic heterocycles. The van der Waals surface area contributed by atoms with Gasteiger partial charge in [-0.05, 0) is 30.9 Å². The summed E-state index contributed by atoms with van der Waals surface area (Å²) in [5, 5.41) is 20.3. The molecule has 2 aliphatic carbocycles. The van der Waals surface area contributed by atoms with Gasteiger partial charge in [0, 0.05) is 29.5 Å². The second-order valence-electron chi connectivity index (χ2n) is 10.0. The van der Waals surface area contributed by atoms with Crippen molar-refractivity contribution in [1.82, 2.24) is 9.80 Å². The molecule has 5 rings (SSSR count). The van der Waals surface area contributed by atoms with Gasteiger partial charge in [0.25, 0.3) is 11.8 Å². The number of alkyl halides is 2. The molecule has 0 spiro atoms. The summed E-state index contributed by atoms with van der Waals surface area (Å²) in [5.74, 6) is -7.54. The number of phenols is 1. The molecule has 202 valence electrons. The highest BCUT2D eigenvalue weighted by atomic mass is 79.9. The predicted octanol–water partition coefficient (Wildman–Crippen LogP) is 2.63. The van der Waals surface area contributed by atoms with E-state index in [0.29, 0.717) is 10.0 Å². The maximum atomic E-state index is 13.6. The number of hydrogen-bond acceptors (Lipinski definition) is 7. The summed E-state index contributed by atoms with van der Waals surface area (Å²) >= 11 is 17.5. The Morgan fingerprint density at radius 3 is 2.47 bits per heavy atom. The molecule has 13 heteroatoms. The number of aliphatic carboxylic acids is 1. The van der Waals surface area contributed by atoms with Crippen molar-refractivity contribution in [2.75, 3.05) is 20.7 Å². The third-order valence-corrected chi connectivity index (χ3v) is 10.1. The first-order valence-electron chi connectivity index (χ1n) is 11.8. The minimum Gasteiger partial charge on any atom is -0.504 e. The van der Waals surface area contributed by atoms with E-state index in [9.17, 15) is 29.1 Å². The van der Waals surface area contributed by atoms with Crippen LogP contribution in [0.4, 0.5) is 0 Å². The summed E-state index contributed by atoms with van der Waals surface area (Å²) in [6.45, 7) is -0.277. The molecule has 38 heavy (non-hydrogen) atoms. The normalized spacial score (nSPS) is 34.2. The van der Waals surface area contributed by atoms with Gasteiger partial charge in [0.2, 0.25) is 11.8 Å². The van der Waals surface area contributed by atoms with Crippen LogP contribution in [0.3, 0.4) is 0 Å². The fourth-order valence-corrected chi connectivity index (χ4v) is 8.02. The van der Waals surface area contributed by atoms with E-state index in [1.807, 2.05) is 0 Å². The van der Waals surface area contributed by atoms with Crippen molar-refractivity contribution in [1.29, 1.82) is 0 Å². The maximum absolute atomic E-state index is 13.6. The minimum atomic E-state index is -2.05. The smallest absolute Gasteiger partial charge is 0.305 e. The molecule has 3 fully saturated rings. The first-order chi connectivity index (χ1) is 17.8. The van der Waals surface area contributed by atoms with Gasteiger partial charge in [0.05, 0.1) is 25.4 Å². The summed E-state index contributed by atoms with van der Waals surface area (Å²) in [7, 11) is 2.63. The van der Waals surface area contributed by atoms with Crippen LogP contribution in [0.5, 0.6) is 11.5 Å². The maximum Gasteiger partial charge on any atom is 0.305 e. The average molecular weight is 630 g/mol. The Morgan fingerprint density at radius 2 is 1.84 bits per heavy atom. The van der Waals surface area contributed by atoms with Crippen molar-refractivity contribution in [3.63, 3.8) is 0 Å². The van der Waals surface area contributed by atoms with Crippen molar-refractivity contribution in [3.8, 4) is 11.5 Å². The quantitative estimate of drug-likeness (QED) is 0.288. The molecular weight excluding hydrogens is 607 g/mol. The zero-order chi connectivity index (χ0) is 27.9. The molecule has 10 nitrogen and oxygen atoms in total. The van der Waals surface area contributed by atoms with E-state index in [1.165, 1.54) is 20.2 Å². The predicted molar refractivity (Wildman–Crippen MR) is 137 cm³/mol. The molecule has 6 unspecified atom stereocenters. The Morgan fingerprint density at radius 1 is 1.16 bits per heavy atom.